The number of benzene rings is 1. The van der Waals surface area contributed by atoms with Crippen molar-refractivity contribution < 1.29 is 13.2 Å². The molecule has 1 aromatic heterocycles. The Hall–Kier alpha value is -2.16. The van der Waals surface area contributed by atoms with Crippen molar-refractivity contribution >= 4 is 15.8 Å². The monoisotopic (exact) mass is 308 g/mol. The highest BCUT2D eigenvalue weighted by Crippen LogP contribution is 2.17. The van der Waals surface area contributed by atoms with Gasteiger partial charge in [-0.3, -0.25) is 0 Å². The van der Waals surface area contributed by atoms with E-state index in [0.717, 1.165) is 5.56 Å². The molecule has 0 aliphatic rings. The van der Waals surface area contributed by atoms with Crippen molar-refractivity contribution in [3.05, 3.63) is 48.2 Å². The first-order valence-electron chi connectivity index (χ1n) is 6.11. The lowest BCUT2D eigenvalue weighted by molar-refractivity contribution is 0.414. The molecule has 21 heavy (non-hydrogen) atoms. The Bertz CT molecular complexity index is 702. The zero-order valence-corrected chi connectivity index (χ0v) is 12.2. The van der Waals surface area contributed by atoms with Gasteiger partial charge in [0, 0.05) is 12.7 Å². The van der Waals surface area contributed by atoms with E-state index in [1.54, 1.807) is 31.4 Å². The number of aromatic nitrogens is 1. The highest BCUT2D eigenvalue weighted by molar-refractivity contribution is 7.89. The zero-order valence-electron chi connectivity index (χ0n) is 11.4. The summed E-state index contributed by atoms with van der Waals surface area (Å²) < 4.78 is 32.0. The summed E-state index contributed by atoms with van der Waals surface area (Å²) in [5, 5.41) is 0. The molecule has 0 fully saturated rings. The lowest BCUT2D eigenvalue weighted by Gasteiger charge is -2.10. The second-order valence-electron chi connectivity index (χ2n) is 4.17. The fourth-order valence-corrected chi connectivity index (χ4v) is 2.85. The summed E-state index contributed by atoms with van der Waals surface area (Å²) in [5.41, 5.74) is 3.08. The van der Waals surface area contributed by atoms with Gasteiger partial charge in [0.2, 0.25) is 10.0 Å². The average Bonchev–Trinajstić information content (AvgIpc) is 2.53. The van der Waals surface area contributed by atoms with Gasteiger partial charge in [0.25, 0.3) is 0 Å². The summed E-state index contributed by atoms with van der Waals surface area (Å²) in [4.78, 5) is 3.87. The fraction of sp³-hybridized carbons (Fsp3) is 0.154. The average molecular weight is 308 g/mol. The SMILES string of the molecule is COc1ccc(CNS(=O)(=O)c2cccnc2NN)cc1. The maximum atomic E-state index is 12.2. The Morgan fingerprint density at radius 2 is 1.95 bits per heavy atom. The number of nitrogen functional groups attached to an aromatic ring is 1. The van der Waals surface area contributed by atoms with Crippen molar-refractivity contribution in [3.63, 3.8) is 0 Å². The number of nitrogens with two attached hydrogens (primary N) is 1. The molecule has 0 spiro atoms. The molecule has 1 heterocycles. The number of methoxy groups -OCH3 is 1. The number of hydrogen-bond donors (Lipinski definition) is 3. The summed E-state index contributed by atoms with van der Waals surface area (Å²) in [6.07, 6.45) is 1.46. The lowest BCUT2D eigenvalue weighted by atomic mass is 10.2. The van der Waals surface area contributed by atoms with E-state index in [1.165, 1.54) is 18.3 Å². The predicted molar refractivity (Wildman–Crippen MR) is 79.1 cm³/mol. The van der Waals surface area contributed by atoms with E-state index in [9.17, 15) is 8.42 Å². The standard InChI is InChI=1S/C13H16N4O3S/c1-20-11-6-4-10(5-7-11)9-16-21(18,19)12-3-2-8-15-13(12)17-14/h2-8,16H,9,14H2,1H3,(H,15,17). The Balaban J connectivity index is 2.13. The molecule has 0 aliphatic carbocycles. The summed E-state index contributed by atoms with van der Waals surface area (Å²) in [5.74, 6) is 6.08. The molecule has 0 atom stereocenters. The molecule has 0 radical (unpaired) electrons. The highest BCUT2D eigenvalue weighted by Gasteiger charge is 2.18. The summed E-state index contributed by atoms with van der Waals surface area (Å²) >= 11 is 0. The van der Waals surface area contributed by atoms with Crippen molar-refractivity contribution in [3.8, 4) is 5.75 Å². The van der Waals surface area contributed by atoms with Crippen molar-refractivity contribution in [2.24, 2.45) is 5.84 Å². The molecule has 0 amide bonds. The molecule has 4 N–H and O–H groups in total. The number of hydrogen-bond acceptors (Lipinski definition) is 6. The number of anilines is 1. The van der Waals surface area contributed by atoms with Gasteiger partial charge in [0.1, 0.15) is 10.6 Å². The fourth-order valence-electron chi connectivity index (χ4n) is 1.72. The summed E-state index contributed by atoms with van der Waals surface area (Å²) in [6.45, 7) is 0.158. The highest BCUT2D eigenvalue weighted by atomic mass is 32.2. The summed E-state index contributed by atoms with van der Waals surface area (Å²) in [7, 11) is -2.13. The van der Waals surface area contributed by atoms with Crippen LogP contribution >= 0.6 is 0 Å². The normalized spacial score (nSPS) is 11.1. The zero-order chi connectivity index (χ0) is 15.3. The largest absolute Gasteiger partial charge is 0.497 e. The van der Waals surface area contributed by atoms with Gasteiger partial charge < -0.3 is 10.2 Å². The third-order valence-electron chi connectivity index (χ3n) is 2.82. The second-order valence-corrected chi connectivity index (χ2v) is 5.90. The number of ether oxygens (including phenoxy) is 1. The maximum absolute atomic E-state index is 12.2. The molecule has 2 rings (SSSR count). The van der Waals surface area contributed by atoms with Gasteiger partial charge in [-0.2, -0.15) is 0 Å². The second kappa shape index (κ2) is 6.53. The Kier molecular flexibility index (Phi) is 4.73. The van der Waals surface area contributed by atoms with Gasteiger partial charge in [0.15, 0.2) is 5.82 Å². The van der Waals surface area contributed by atoms with Crippen LogP contribution in [-0.2, 0) is 16.6 Å². The number of rotatable bonds is 6. The maximum Gasteiger partial charge on any atom is 0.244 e. The smallest absolute Gasteiger partial charge is 0.244 e. The van der Waals surface area contributed by atoms with Gasteiger partial charge in [-0.25, -0.2) is 24.0 Å². The summed E-state index contributed by atoms with van der Waals surface area (Å²) in [6, 6.07) is 10.1. The minimum Gasteiger partial charge on any atom is -0.497 e. The molecular formula is C13H16N4O3S. The quantitative estimate of drug-likeness (QED) is 0.539. The van der Waals surface area contributed by atoms with Crippen LogP contribution < -0.4 is 20.7 Å². The van der Waals surface area contributed by atoms with Crippen molar-refractivity contribution in [1.82, 2.24) is 9.71 Å². The van der Waals surface area contributed by atoms with E-state index in [4.69, 9.17) is 10.6 Å². The minimum atomic E-state index is -3.70. The van der Waals surface area contributed by atoms with Gasteiger partial charge in [0.05, 0.1) is 7.11 Å². The van der Waals surface area contributed by atoms with Crippen LogP contribution in [0.4, 0.5) is 5.82 Å². The van der Waals surface area contributed by atoms with Crippen LogP contribution in [0.15, 0.2) is 47.5 Å². The molecule has 0 aliphatic heterocycles. The van der Waals surface area contributed by atoms with Crippen LogP contribution in [0.1, 0.15) is 5.56 Å². The number of sulfonamides is 1. The first kappa shape index (κ1) is 15.2. The van der Waals surface area contributed by atoms with Crippen LogP contribution in [0, 0.1) is 0 Å². The van der Waals surface area contributed by atoms with E-state index >= 15 is 0 Å². The molecule has 112 valence electrons. The molecule has 2 aromatic rings. The molecule has 1 aromatic carbocycles. The minimum absolute atomic E-state index is 0.000937. The van der Waals surface area contributed by atoms with Crippen molar-refractivity contribution in [2.45, 2.75) is 11.4 Å². The first-order chi connectivity index (χ1) is 10.1. The number of nitrogens with zero attached hydrogens (tertiary/aromatic N) is 1. The van der Waals surface area contributed by atoms with E-state index in [-0.39, 0.29) is 17.3 Å². The van der Waals surface area contributed by atoms with Crippen LogP contribution in [0.2, 0.25) is 0 Å². The van der Waals surface area contributed by atoms with Crippen molar-refractivity contribution in [2.75, 3.05) is 12.5 Å². The van der Waals surface area contributed by atoms with Gasteiger partial charge in [-0.15, -0.1) is 0 Å². The van der Waals surface area contributed by atoms with Gasteiger partial charge >= 0.3 is 0 Å². The molecule has 0 bridgehead atoms. The molecule has 0 saturated heterocycles. The predicted octanol–water partition coefficient (Wildman–Crippen LogP) is 0.854. The van der Waals surface area contributed by atoms with Gasteiger partial charge in [-0.1, -0.05) is 12.1 Å². The van der Waals surface area contributed by atoms with Crippen LogP contribution in [0.25, 0.3) is 0 Å². The van der Waals surface area contributed by atoms with E-state index in [1.807, 2.05) is 0 Å². The molecule has 8 heteroatoms. The number of nitrogens with one attached hydrogen (secondary N) is 2. The first-order valence-corrected chi connectivity index (χ1v) is 7.59. The third-order valence-corrected chi connectivity index (χ3v) is 4.26. The third kappa shape index (κ3) is 3.69. The molecule has 0 unspecified atom stereocenters. The Morgan fingerprint density at radius 1 is 1.24 bits per heavy atom. The Morgan fingerprint density at radius 3 is 2.57 bits per heavy atom. The topological polar surface area (TPSA) is 106 Å². The van der Waals surface area contributed by atoms with Crippen LogP contribution in [0.3, 0.4) is 0 Å². The number of pyridine rings is 1. The van der Waals surface area contributed by atoms with E-state index < -0.39 is 10.0 Å². The van der Waals surface area contributed by atoms with E-state index in [0.29, 0.717) is 5.75 Å². The van der Waals surface area contributed by atoms with Crippen molar-refractivity contribution in [1.29, 1.82) is 0 Å². The molecule has 0 saturated carbocycles. The lowest BCUT2D eigenvalue weighted by Crippen LogP contribution is -2.25. The van der Waals surface area contributed by atoms with E-state index in [2.05, 4.69) is 15.1 Å². The van der Waals surface area contributed by atoms with Gasteiger partial charge in [-0.05, 0) is 29.8 Å². The molecular weight excluding hydrogens is 292 g/mol. The molecule has 7 nitrogen and oxygen atoms in total. The van der Waals surface area contributed by atoms with Crippen LogP contribution in [-0.4, -0.2) is 20.5 Å². The number of hydrazine groups is 1. The van der Waals surface area contributed by atoms with Crippen LogP contribution in [0.5, 0.6) is 5.75 Å². The Labute approximate surface area is 123 Å².